The van der Waals surface area contributed by atoms with Crippen LogP contribution in [0, 0.1) is 0 Å². The Bertz CT molecular complexity index is 1270. The monoisotopic (exact) mass is 1080 g/mol. The molecule has 2 unspecified atom stereocenters. The van der Waals surface area contributed by atoms with Gasteiger partial charge in [0, 0.05) is 12.8 Å². The molecule has 0 amide bonds. The van der Waals surface area contributed by atoms with E-state index in [1.807, 2.05) is 21.1 Å². The molecule has 0 aromatic rings. The molecule has 0 radical (unpaired) electrons. The van der Waals surface area contributed by atoms with Crippen LogP contribution in [-0.2, 0) is 32.7 Å². The van der Waals surface area contributed by atoms with Gasteiger partial charge in [0.2, 0.25) is 0 Å². The van der Waals surface area contributed by atoms with Crippen molar-refractivity contribution in [3.05, 3.63) is 12.2 Å². The minimum atomic E-state index is -4.63. The maximum Gasteiger partial charge on any atom is 0.306 e. The zero-order chi connectivity index (χ0) is 54.9. The number of likely N-dealkylation sites (N-methyl/N-ethyl adjacent to an activating group) is 1. The van der Waals surface area contributed by atoms with Gasteiger partial charge in [-0.05, 0) is 38.5 Å². The summed E-state index contributed by atoms with van der Waals surface area (Å²) in [5, 5.41) is 0. The van der Waals surface area contributed by atoms with Crippen molar-refractivity contribution in [2.45, 2.75) is 347 Å². The first-order chi connectivity index (χ1) is 36.5. The van der Waals surface area contributed by atoms with E-state index >= 15 is 0 Å². The van der Waals surface area contributed by atoms with E-state index in [9.17, 15) is 19.0 Å². The Labute approximate surface area is 466 Å². The maximum atomic E-state index is 12.8. The number of hydrogen-bond donors (Lipinski definition) is 0. The molecule has 0 spiro atoms. The summed E-state index contributed by atoms with van der Waals surface area (Å²) in [5.41, 5.74) is 0. The lowest BCUT2D eigenvalue weighted by Gasteiger charge is -2.28. The number of nitrogens with zero attached hydrogens (tertiary/aromatic N) is 1. The second kappa shape index (κ2) is 57.4. The van der Waals surface area contributed by atoms with Gasteiger partial charge in [0.15, 0.2) is 6.10 Å². The minimum absolute atomic E-state index is 0.0259. The van der Waals surface area contributed by atoms with Gasteiger partial charge in [-0.15, -0.1) is 0 Å². The van der Waals surface area contributed by atoms with Gasteiger partial charge in [-0.1, -0.05) is 302 Å². The van der Waals surface area contributed by atoms with Crippen LogP contribution in [0.1, 0.15) is 341 Å². The summed E-state index contributed by atoms with van der Waals surface area (Å²) < 4.78 is 34.2. The summed E-state index contributed by atoms with van der Waals surface area (Å²) in [5.74, 6) is -0.811. The standard InChI is InChI=1S/C65H128NO8P/c1-6-8-10-12-14-16-18-20-22-23-24-25-26-27-28-29-30-31-32-33-34-35-36-37-38-39-40-41-42-43-44-46-48-50-52-54-56-58-65(68)74-63(62-73-75(69,70)72-60-59-66(3,4)5)61-71-64(67)57-55-53-51-49-47-45-21-19-17-15-13-11-9-7-2/h23-24,63H,6-22,25-62H2,1-5H3/b24-23-. The third kappa shape index (κ3) is 61.8. The molecule has 446 valence electrons. The first-order valence-electron chi connectivity index (χ1n) is 32.9. The largest absolute Gasteiger partial charge is 0.756 e. The smallest absolute Gasteiger partial charge is 0.306 e. The number of esters is 2. The predicted octanol–water partition coefficient (Wildman–Crippen LogP) is 20.1. The van der Waals surface area contributed by atoms with Gasteiger partial charge in [0.05, 0.1) is 27.7 Å². The summed E-state index contributed by atoms with van der Waals surface area (Å²) >= 11 is 0. The van der Waals surface area contributed by atoms with E-state index in [0.717, 1.165) is 32.1 Å². The Morgan fingerprint density at radius 3 is 0.987 bits per heavy atom. The molecule has 0 N–H and O–H groups in total. The van der Waals surface area contributed by atoms with Crippen molar-refractivity contribution in [3.63, 3.8) is 0 Å². The Morgan fingerprint density at radius 2 is 0.680 bits per heavy atom. The van der Waals surface area contributed by atoms with Crippen LogP contribution in [0.25, 0.3) is 0 Å². The first kappa shape index (κ1) is 73.8. The number of rotatable bonds is 62. The summed E-state index contributed by atoms with van der Waals surface area (Å²) in [6, 6.07) is 0. The average molecular weight is 1080 g/mol. The molecule has 0 fully saturated rings. The highest BCUT2D eigenvalue weighted by molar-refractivity contribution is 7.45. The van der Waals surface area contributed by atoms with Crippen molar-refractivity contribution in [3.8, 4) is 0 Å². The van der Waals surface area contributed by atoms with E-state index in [1.54, 1.807) is 0 Å². The highest BCUT2D eigenvalue weighted by Crippen LogP contribution is 2.38. The molecule has 0 aromatic heterocycles. The third-order valence-electron chi connectivity index (χ3n) is 15.0. The number of ether oxygens (including phenoxy) is 2. The van der Waals surface area contributed by atoms with E-state index < -0.39 is 26.5 Å². The number of phosphoric ester groups is 1. The zero-order valence-electron chi connectivity index (χ0n) is 50.8. The van der Waals surface area contributed by atoms with Crippen molar-refractivity contribution >= 4 is 19.8 Å². The Morgan fingerprint density at radius 1 is 0.400 bits per heavy atom. The van der Waals surface area contributed by atoms with Crippen LogP contribution < -0.4 is 4.89 Å². The fourth-order valence-electron chi connectivity index (χ4n) is 9.95. The van der Waals surface area contributed by atoms with Crippen LogP contribution in [0.2, 0.25) is 0 Å². The second-order valence-electron chi connectivity index (χ2n) is 23.8. The van der Waals surface area contributed by atoms with Gasteiger partial charge in [0.25, 0.3) is 7.82 Å². The number of phosphoric acid groups is 1. The summed E-state index contributed by atoms with van der Waals surface area (Å²) in [7, 11) is 1.19. The van der Waals surface area contributed by atoms with Gasteiger partial charge in [-0.3, -0.25) is 14.2 Å². The van der Waals surface area contributed by atoms with Crippen molar-refractivity contribution in [2.75, 3.05) is 47.5 Å². The number of carbonyl (C=O) groups is 2. The molecular formula is C65H128NO8P. The normalized spacial score (nSPS) is 13.2. The number of quaternary nitrogens is 1. The van der Waals surface area contributed by atoms with Crippen molar-refractivity contribution in [2.24, 2.45) is 0 Å². The topological polar surface area (TPSA) is 111 Å². The van der Waals surface area contributed by atoms with Crippen LogP contribution >= 0.6 is 7.82 Å². The fourth-order valence-corrected chi connectivity index (χ4v) is 10.7. The number of carbonyl (C=O) groups excluding carboxylic acids is 2. The van der Waals surface area contributed by atoms with Crippen LogP contribution in [0.3, 0.4) is 0 Å². The molecule has 0 saturated carbocycles. The van der Waals surface area contributed by atoms with Crippen molar-refractivity contribution < 1.29 is 42.1 Å². The lowest BCUT2D eigenvalue weighted by molar-refractivity contribution is -0.870. The molecule has 0 aliphatic rings. The molecule has 0 aromatic carbocycles. The van der Waals surface area contributed by atoms with Gasteiger partial charge in [0.1, 0.15) is 19.8 Å². The highest BCUT2D eigenvalue weighted by atomic mass is 31.2. The molecule has 0 rings (SSSR count). The maximum absolute atomic E-state index is 12.8. The number of hydrogen-bond acceptors (Lipinski definition) is 8. The van der Waals surface area contributed by atoms with Crippen molar-refractivity contribution in [1.29, 1.82) is 0 Å². The van der Waals surface area contributed by atoms with Gasteiger partial charge in [-0.25, -0.2) is 0 Å². The van der Waals surface area contributed by atoms with Gasteiger partial charge in [-0.2, -0.15) is 0 Å². The van der Waals surface area contributed by atoms with E-state index in [4.69, 9.17) is 18.5 Å². The molecule has 0 heterocycles. The molecule has 9 nitrogen and oxygen atoms in total. The second-order valence-corrected chi connectivity index (χ2v) is 25.3. The lowest BCUT2D eigenvalue weighted by Crippen LogP contribution is -2.37. The average Bonchev–Trinajstić information content (AvgIpc) is 3.37. The molecule has 0 bridgehead atoms. The molecule has 75 heavy (non-hydrogen) atoms. The molecule has 0 aliphatic heterocycles. The van der Waals surface area contributed by atoms with Crippen LogP contribution in [0.4, 0.5) is 0 Å². The Hall–Kier alpha value is -1.25. The Balaban J connectivity index is 3.87. The molecule has 0 aliphatic carbocycles. The number of unbranched alkanes of at least 4 members (excludes halogenated alkanes) is 46. The van der Waals surface area contributed by atoms with E-state index in [2.05, 4.69) is 26.0 Å². The number of allylic oxidation sites excluding steroid dienone is 2. The van der Waals surface area contributed by atoms with E-state index in [-0.39, 0.29) is 32.0 Å². The van der Waals surface area contributed by atoms with Gasteiger partial charge >= 0.3 is 11.9 Å². The van der Waals surface area contributed by atoms with Crippen LogP contribution in [0.5, 0.6) is 0 Å². The van der Waals surface area contributed by atoms with E-state index in [0.29, 0.717) is 17.4 Å². The zero-order valence-corrected chi connectivity index (χ0v) is 51.7. The SMILES string of the molecule is CCCCCCCCCC/C=C\CCCCCCCCCCCCCCCCCCCCCCCCCCCC(=O)OC(COC(=O)CCCCCCCCCCCCCCCC)COP(=O)([O-])OCC[N+](C)(C)C. The molecular weight excluding hydrogens is 954 g/mol. The summed E-state index contributed by atoms with van der Waals surface area (Å²) in [6.07, 6.45) is 68.8. The molecule has 10 heteroatoms. The van der Waals surface area contributed by atoms with Crippen LogP contribution in [-0.4, -0.2) is 70.0 Å². The minimum Gasteiger partial charge on any atom is -0.756 e. The first-order valence-corrected chi connectivity index (χ1v) is 34.4. The summed E-state index contributed by atoms with van der Waals surface area (Å²) in [6.45, 7) is 4.30. The lowest BCUT2D eigenvalue weighted by atomic mass is 10.0. The quantitative estimate of drug-likeness (QED) is 0.0195. The van der Waals surface area contributed by atoms with Crippen LogP contribution in [0.15, 0.2) is 12.2 Å². The van der Waals surface area contributed by atoms with Gasteiger partial charge < -0.3 is 27.9 Å². The molecule has 2 atom stereocenters. The van der Waals surface area contributed by atoms with E-state index in [1.165, 1.54) is 276 Å². The highest BCUT2D eigenvalue weighted by Gasteiger charge is 2.22. The third-order valence-corrected chi connectivity index (χ3v) is 16.0. The summed E-state index contributed by atoms with van der Waals surface area (Å²) in [4.78, 5) is 37.9. The van der Waals surface area contributed by atoms with Crippen molar-refractivity contribution in [1.82, 2.24) is 0 Å². The Kier molecular flexibility index (Phi) is 56.5. The molecule has 0 saturated heterocycles. The fraction of sp³-hybridized carbons (Fsp3) is 0.938. The predicted molar refractivity (Wildman–Crippen MR) is 319 cm³/mol.